The number of nitro groups is 1. The van der Waals surface area contributed by atoms with Gasteiger partial charge in [-0.05, 0) is 24.6 Å². The lowest BCUT2D eigenvalue weighted by atomic mass is 10.0. The largest absolute Gasteiger partial charge is 0.456 e. The van der Waals surface area contributed by atoms with Crippen molar-refractivity contribution in [2.24, 2.45) is 5.16 Å². The Morgan fingerprint density at radius 3 is 2.61 bits per heavy atom. The molecule has 2 aliphatic heterocycles. The number of hydrogen-bond donors (Lipinski definition) is 2. The molecular weight excluding hydrogens is 606 g/mol. The fourth-order valence-electron chi connectivity index (χ4n) is 3.61. The molecule has 0 radical (unpaired) electrons. The van der Waals surface area contributed by atoms with Gasteiger partial charge in [0.05, 0.1) is 16.9 Å². The molecule has 1 saturated heterocycles. The van der Waals surface area contributed by atoms with Crippen LogP contribution in [0.5, 0.6) is 0 Å². The van der Waals surface area contributed by atoms with E-state index >= 15 is 0 Å². The highest BCUT2D eigenvalue weighted by atomic mass is 32.2. The number of hydrogen-bond acceptors (Lipinski definition) is 16. The van der Waals surface area contributed by atoms with Crippen LogP contribution in [0.2, 0.25) is 0 Å². The molecule has 218 valence electrons. The fourth-order valence-corrected chi connectivity index (χ4v) is 5.88. The van der Waals surface area contributed by atoms with Crippen LogP contribution in [0.1, 0.15) is 18.3 Å². The van der Waals surface area contributed by atoms with Gasteiger partial charge < -0.3 is 24.8 Å². The molecule has 3 heterocycles. The number of nitrogens with one attached hydrogen (secondary N) is 1. The Labute approximate surface area is 240 Å². The number of esters is 1. The molecule has 0 spiro atoms. The summed E-state index contributed by atoms with van der Waals surface area (Å²) in [5.74, 6) is -3.28. The van der Waals surface area contributed by atoms with Crippen molar-refractivity contribution in [3.8, 4) is 0 Å². The first-order valence-corrected chi connectivity index (χ1v) is 15.1. The first-order chi connectivity index (χ1) is 19.4. The van der Waals surface area contributed by atoms with Gasteiger partial charge in [0.15, 0.2) is 16.6 Å². The predicted octanol–water partition coefficient (Wildman–Crippen LogP) is 0.100. The minimum absolute atomic E-state index is 0.0751. The SMILES string of the molecule is CCON=C(C(=O)NC1C(=O)N2C(C(=O)OCc3ccc([N+](=O)[O-])cc3)=C(OS(C)(=O)=O)CS[C@@H]12)c1nsc(N)n1. The molecule has 1 aromatic heterocycles. The lowest BCUT2D eigenvalue weighted by Crippen LogP contribution is -2.71. The zero-order chi connectivity index (χ0) is 29.9. The van der Waals surface area contributed by atoms with Gasteiger partial charge in [0.25, 0.3) is 17.5 Å². The van der Waals surface area contributed by atoms with Gasteiger partial charge in [-0.3, -0.25) is 24.6 Å². The van der Waals surface area contributed by atoms with E-state index in [2.05, 4.69) is 19.8 Å². The summed E-state index contributed by atoms with van der Waals surface area (Å²) >= 11 is 1.86. The van der Waals surface area contributed by atoms with E-state index in [0.29, 0.717) is 5.56 Å². The van der Waals surface area contributed by atoms with E-state index in [9.17, 15) is 32.9 Å². The third-order valence-electron chi connectivity index (χ3n) is 5.34. The molecule has 2 aliphatic rings. The van der Waals surface area contributed by atoms with Gasteiger partial charge in [-0.25, -0.2) is 4.79 Å². The zero-order valence-electron chi connectivity index (χ0n) is 21.2. The zero-order valence-corrected chi connectivity index (χ0v) is 23.7. The number of nitrogen functional groups attached to an aromatic ring is 1. The number of aromatic nitrogens is 2. The van der Waals surface area contributed by atoms with Crippen LogP contribution in [0, 0.1) is 10.1 Å². The third kappa shape index (κ3) is 6.72. The number of oxime groups is 1. The summed E-state index contributed by atoms with van der Waals surface area (Å²) in [6.07, 6.45) is 0.774. The summed E-state index contributed by atoms with van der Waals surface area (Å²) in [6.45, 7) is 1.43. The van der Waals surface area contributed by atoms with E-state index < -0.39 is 49.9 Å². The lowest BCUT2D eigenvalue weighted by Gasteiger charge is -2.49. The predicted molar refractivity (Wildman–Crippen MR) is 143 cm³/mol. The molecule has 1 aromatic carbocycles. The highest BCUT2D eigenvalue weighted by Gasteiger charge is 2.55. The summed E-state index contributed by atoms with van der Waals surface area (Å²) in [5.41, 5.74) is 5.05. The number of nitrogens with two attached hydrogens (primary N) is 1. The number of non-ortho nitro benzene ring substituents is 1. The molecule has 2 atom stereocenters. The molecule has 1 unspecified atom stereocenters. The van der Waals surface area contributed by atoms with Crippen molar-refractivity contribution < 1.29 is 41.5 Å². The third-order valence-corrected chi connectivity index (χ3v) is 7.64. The van der Waals surface area contributed by atoms with Crippen LogP contribution in [-0.4, -0.2) is 81.1 Å². The van der Waals surface area contributed by atoms with Crippen molar-refractivity contribution in [1.82, 2.24) is 19.6 Å². The Hall–Kier alpha value is -4.30. The molecule has 20 heteroatoms. The Bertz CT molecular complexity index is 1560. The summed E-state index contributed by atoms with van der Waals surface area (Å²) in [5, 5.41) is 16.3. The highest BCUT2D eigenvalue weighted by Crippen LogP contribution is 2.41. The highest BCUT2D eigenvalue weighted by molar-refractivity contribution is 8.00. The lowest BCUT2D eigenvalue weighted by molar-refractivity contribution is -0.384. The number of β-lactam (4-membered cyclic amide) rings is 1. The second-order valence-corrected chi connectivity index (χ2v) is 11.7. The van der Waals surface area contributed by atoms with Crippen LogP contribution >= 0.6 is 23.3 Å². The maximum atomic E-state index is 13.2. The molecular formula is C21H21N7O10S3. The van der Waals surface area contributed by atoms with Gasteiger partial charge in [0, 0.05) is 23.7 Å². The first kappa shape index (κ1) is 29.7. The number of carbonyl (C=O) groups is 3. The normalized spacial score (nSPS) is 18.7. The number of carbonyl (C=O) groups excluding carboxylic acids is 3. The average molecular weight is 628 g/mol. The van der Waals surface area contributed by atoms with Gasteiger partial charge >= 0.3 is 16.1 Å². The number of ether oxygens (including phenoxy) is 1. The fraction of sp³-hybridized carbons (Fsp3) is 0.333. The van der Waals surface area contributed by atoms with Crippen LogP contribution in [0.4, 0.5) is 10.8 Å². The van der Waals surface area contributed by atoms with Gasteiger partial charge in [-0.2, -0.15) is 17.8 Å². The number of thioether (sulfide) groups is 1. The number of nitro benzene ring substituents is 1. The molecule has 0 saturated carbocycles. The molecule has 0 bridgehead atoms. The van der Waals surface area contributed by atoms with Crippen LogP contribution in [0.25, 0.3) is 0 Å². The molecule has 2 amide bonds. The van der Waals surface area contributed by atoms with Crippen molar-refractivity contribution in [2.45, 2.75) is 24.9 Å². The van der Waals surface area contributed by atoms with Crippen LogP contribution in [0.3, 0.4) is 0 Å². The number of nitrogens with zero attached hydrogens (tertiary/aromatic N) is 5. The van der Waals surface area contributed by atoms with Crippen molar-refractivity contribution in [3.63, 3.8) is 0 Å². The van der Waals surface area contributed by atoms with Gasteiger partial charge in [-0.1, -0.05) is 5.16 Å². The van der Waals surface area contributed by atoms with E-state index in [-0.39, 0.29) is 47.1 Å². The number of fused-ring (bicyclic) bond motifs is 1. The quantitative estimate of drug-likeness (QED) is 0.0839. The second-order valence-electron chi connectivity index (χ2n) is 8.23. The number of benzene rings is 1. The van der Waals surface area contributed by atoms with Crippen LogP contribution < -0.4 is 11.1 Å². The second kappa shape index (κ2) is 12.1. The van der Waals surface area contributed by atoms with Gasteiger partial charge in [0.2, 0.25) is 11.5 Å². The molecule has 2 aromatic rings. The van der Waals surface area contributed by atoms with E-state index in [0.717, 1.165) is 34.5 Å². The number of amides is 2. The minimum atomic E-state index is -4.09. The Morgan fingerprint density at radius 2 is 2.02 bits per heavy atom. The van der Waals surface area contributed by atoms with Crippen molar-refractivity contribution in [3.05, 3.63) is 57.2 Å². The summed E-state index contributed by atoms with van der Waals surface area (Å²) in [7, 11) is -4.09. The van der Waals surface area contributed by atoms with E-state index in [1.807, 2.05) is 0 Å². The van der Waals surface area contributed by atoms with E-state index in [1.165, 1.54) is 24.3 Å². The Kier molecular flexibility index (Phi) is 8.73. The number of rotatable bonds is 11. The average Bonchev–Trinajstić information content (AvgIpc) is 3.35. The Balaban J connectivity index is 1.53. The molecule has 0 aliphatic carbocycles. The van der Waals surface area contributed by atoms with E-state index in [1.54, 1.807) is 6.92 Å². The smallest absolute Gasteiger partial charge is 0.359 e. The number of anilines is 1. The molecule has 17 nitrogen and oxygen atoms in total. The molecule has 4 rings (SSSR count). The summed E-state index contributed by atoms with van der Waals surface area (Å²) in [6, 6.07) is 4.05. The minimum Gasteiger partial charge on any atom is -0.456 e. The molecule has 41 heavy (non-hydrogen) atoms. The summed E-state index contributed by atoms with van der Waals surface area (Å²) < 4.78 is 37.9. The Morgan fingerprint density at radius 1 is 1.32 bits per heavy atom. The van der Waals surface area contributed by atoms with Gasteiger partial charge in [-0.15, -0.1) is 11.8 Å². The summed E-state index contributed by atoms with van der Waals surface area (Å²) in [4.78, 5) is 59.4. The standard InChI is InChI=1S/C21H21N7O10S3/c1-3-37-25-13(16-24-21(22)40-26-16)17(29)23-14-18(30)27-15(12(9-39-19(14)27)38-41(2,34)35)20(31)36-8-10-4-6-11(7-5-10)28(32)33/h4-7,14,19H,3,8-9H2,1-2H3,(H,23,29)(H2,22,24,26)/t14?,19-/m0/s1. The topological polar surface area (TPSA) is 236 Å². The van der Waals surface area contributed by atoms with Crippen molar-refractivity contribution in [2.75, 3.05) is 24.3 Å². The van der Waals surface area contributed by atoms with Gasteiger partial charge in [0.1, 0.15) is 24.6 Å². The maximum absolute atomic E-state index is 13.2. The van der Waals surface area contributed by atoms with E-state index in [4.69, 9.17) is 19.5 Å². The van der Waals surface area contributed by atoms with Crippen molar-refractivity contribution >= 4 is 67.7 Å². The first-order valence-electron chi connectivity index (χ1n) is 11.5. The molecule has 1 fully saturated rings. The van der Waals surface area contributed by atoms with Crippen LogP contribution in [0.15, 0.2) is 40.9 Å². The van der Waals surface area contributed by atoms with Crippen LogP contribution in [-0.2, 0) is 44.9 Å². The van der Waals surface area contributed by atoms with Crippen molar-refractivity contribution in [1.29, 1.82) is 0 Å². The maximum Gasteiger partial charge on any atom is 0.359 e. The molecule has 3 N–H and O–H groups in total. The monoisotopic (exact) mass is 627 g/mol.